The van der Waals surface area contributed by atoms with Crippen molar-refractivity contribution in [2.24, 2.45) is 0 Å². The summed E-state index contributed by atoms with van der Waals surface area (Å²) >= 11 is 1.26. The number of hydrogen-bond donors (Lipinski definition) is 2. The van der Waals surface area contributed by atoms with E-state index in [-0.39, 0.29) is 34.5 Å². The van der Waals surface area contributed by atoms with Gasteiger partial charge in [-0.25, -0.2) is 4.39 Å². The van der Waals surface area contributed by atoms with Gasteiger partial charge in [-0.15, -0.1) is 11.8 Å². The Morgan fingerprint density at radius 1 is 0.966 bits per heavy atom. The summed E-state index contributed by atoms with van der Waals surface area (Å²) in [5, 5.41) is 5.67. The van der Waals surface area contributed by atoms with Crippen molar-refractivity contribution in [3.8, 4) is 0 Å². The standard InChI is InChI=1S/C22H32FN3O2S/c23-18-9-3-4-10-19(18)25-21(28)16-29-15-20(27)24-17-22(11-5-1-6-12-22)26-13-7-2-8-14-26/h3-4,9-10H,1-2,5-8,11-17H2,(H,24,27)(H,25,28). The summed E-state index contributed by atoms with van der Waals surface area (Å²) in [5.74, 6) is -0.431. The van der Waals surface area contributed by atoms with E-state index in [0.29, 0.717) is 6.54 Å². The molecule has 1 saturated heterocycles. The number of halogens is 1. The predicted octanol–water partition coefficient (Wildman–Crippen LogP) is 3.80. The number of anilines is 1. The Labute approximate surface area is 177 Å². The SMILES string of the molecule is O=C(CSCC(=O)Nc1ccccc1F)NCC1(N2CCCCC2)CCCCC1. The van der Waals surface area contributed by atoms with Gasteiger partial charge in [0.25, 0.3) is 0 Å². The topological polar surface area (TPSA) is 61.4 Å². The average Bonchev–Trinajstić information content (AvgIpc) is 2.75. The van der Waals surface area contributed by atoms with E-state index in [1.165, 1.54) is 62.4 Å². The molecule has 0 bridgehead atoms. The summed E-state index contributed by atoms with van der Waals surface area (Å²) < 4.78 is 13.6. The summed E-state index contributed by atoms with van der Waals surface area (Å²) in [7, 11) is 0. The molecule has 1 heterocycles. The van der Waals surface area contributed by atoms with E-state index in [9.17, 15) is 14.0 Å². The molecule has 2 amide bonds. The summed E-state index contributed by atoms with van der Waals surface area (Å²) in [6.45, 7) is 2.98. The number of amides is 2. The van der Waals surface area contributed by atoms with E-state index in [0.717, 1.165) is 25.9 Å². The van der Waals surface area contributed by atoms with Crippen molar-refractivity contribution in [3.63, 3.8) is 0 Å². The van der Waals surface area contributed by atoms with Gasteiger partial charge in [0, 0.05) is 12.1 Å². The van der Waals surface area contributed by atoms with Crippen LogP contribution in [-0.2, 0) is 9.59 Å². The number of para-hydroxylation sites is 1. The average molecular weight is 422 g/mol. The first-order valence-corrected chi connectivity index (χ1v) is 11.9. The Kier molecular flexibility index (Phi) is 8.36. The quantitative estimate of drug-likeness (QED) is 0.670. The molecule has 2 aliphatic rings. The predicted molar refractivity (Wildman–Crippen MR) is 117 cm³/mol. The van der Waals surface area contributed by atoms with Crippen LogP contribution in [0.1, 0.15) is 51.4 Å². The monoisotopic (exact) mass is 421 g/mol. The van der Waals surface area contributed by atoms with E-state index in [1.54, 1.807) is 12.1 Å². The molecule has 3 rings (SSSR count). The maximum absolute atomic E-state index is 13.6. The molecular weight excluding hydrogens is 389 g/mol. The summed E-state index contributed by atoms with van der Waals surface area (Å²) in [4.78, 5) is 27.0. The molecule has 1 aliphatic heterocycles. The maximum atomic E-state index is 13.6. The highest BCUT2D eigenvalue weighted by Crippen LogP contribution is 2.35. The lowest BCUT2D eigenvalue weighted by Gasteiger charge is -2.48. The zero-order valence-corrected chi connectivity index (χ0v) is 17.9. The molecule has 1 aliphatic carbocycles. The van der Waals surface area contributed by atoms with Crippen molar-refractivity contribution in [1.29, 1.82) is 0 Å². The molecule has 5 nitrogen and oxygen atoms in total. The second kappa shape index (κ2) is 11.0. The molecule has 1 aromatic rings. The lowest BCUT2D eigenvalue weighted by Crippen LogP contribution is -2.58. The van der Waals surface area contributed by atoms with Crippen LogP contribution in [0.15, 0.2) is 24.3 Å². The second-order valence-electron chi connectivity index (χ2n) is 8.13. The number of nitrogens with zero attached hydrogens (tertiary/aromatic N) is 1. The van der Waals surface area contributed by atoms with Gasteiger partial charge in [0.1, 0.15) is 5.82 Å². The van der Waals surface area contributed by atoms with Crippen LogP contribution in [0, 0.1) is 5.82 Å². The zero-order valence-electron chi connectivity index (χ0n) is 17.1. The van der Waals surface area contributed by atoms with Gasteiger partial charge in [0.2, 0.25) is 11.8 Å². The van der Waals surface area contributed by atoms with E-state index in [2.05, 4.69) is 15.5 Å². The molecule has 7 heteroatoms. The molecule has 2 N–H and O–H groups in total. The van der Waals surface area contributed by atoms with E-state index in [4.69, 9.17) is 0 Å². The molecule has 1 saturated carbocycles. The second-order valence-corrected chi connectivity index (χ2v) is 9.12. The molecule has 0 atom stereocenters. The highest BCUT2D eigenvalue weighted by molar-refractivity contribution is 8.00. The van der Waals surface area contributed by atoms with E-state index < -0.39 is 5.82 Å². The fourth-order valence-corrected chi connectivity index (χ4v) is 5.13. The number of hydrogen-bond acceptors (Lipinski definition) is 4. The van der Waals surface area contributed by atoms with Crippen LogP contribution in [0.5, 0.6) is 0 Å². The lowest BCUT2D eigenvalue weighted by atomic mass is 9.79. The summed E-state index contributed by atoms with van der Waals surface area (Å²) in [6.07, 6.45) is 9.89. The number of piperidine rings is 1. The number of carbonyl (C=O) groups is 2. The van der Waals surface area contributed by atoms with E-state index >= 15 is 0 Å². The maximum Gasteiger partial charge on any atom is 0.234 e. The normalized spacial score (nSPS) is 19.5. The van der Waals surface area contributed by atoms with Gasteiger partial charge in [-0.05, 0) is 50.9 Å². The van der Waals surface area contributed by atoms with Crippen molar-refractivity contribution in [3.05, 3.63) is 30.1 Å². The third-order valence-corrected chi connectivity index (χ3v) is 6.97. The molecule has 0 aromatic heterocycles. The van der Waals surface area contributed by atoms with Crippen LogP contribution < -0.4 is 10.6 Å². The number of thioether (sulfide) groups is 1. The van der Waals surface area contributed by atoms with Gasteiger partial charge in [0.05, 0.1) is 17.2 Å². The molecule has 0 unspecified atom stereocenters. The molecule has 1 aromatic carbocycles. The molecule has 0 spiro atoms. The van der Waals surface area contributed by atoms with E-state index in [1.807, 2.05) is 0 Å². The minimum Gasteiger partial charge on any atom is -0.354 e. The summed E-state index contributed by atoms with van der Waals surface area (Å²) in [6, 6.07) is 6.07. The number of benzene rings is 1. The first-order chi connectivity index (χ1) is 14.1. The highest BCUT2D eigenvalue weighted by atomic mass is 32.2. The first-order valence-electron chi connectivity index (χ1n) is 10.7. The minimum atomic E-state index is -0.459. The van der Waals surface area contributed by atoms with Crippen LogP contribution in [0.4, 0.5) is 10.1 Å². The van der Waals surface area contributed by atoms with Crippen LogP contribution in [0.25, 0.3) is 0 Å². The lowest BCUT2D eigenvalue weighted by molar-refractivity contribution is -0.119. The molecule has 2 fully saturated rings. The van der Waals surface area contributed by atoms with Crippen molar-refractivity contribution in [2.75, 3.05) is 36.5 Å². The number of carbonyl (C=O) groups excluding carboxylic acids is 2. The molecule has 0 radical (unpaired) electrons. The molecular formula is C22H32FN3O2S. The first kappa shape index (κ1) is 22.1. The Bertz CT molecular complexity index is 688. The Morgan fingerprint density at radius 2 is 1.62 bits per heavy atom. The van der Waals surface area contributed by atoms with Gasteiger partial charge >= 0.3 is 0 Å². The van der Waals surface area contributed by atoms with Gasteiger partial charge in [-0.1, -0.05) is 37.8 Å². The third kappa shape index (κ3) is 6.44. The van der Waals surface area contributed by atoms with Crippen molar-refractivity contribution >= 4 is 29.3 Å². The number of rotatable bonds is 8. The zero-order chi connectivity index (χ0) is 20.5. The van der Waals surface area contributed by atoms with Crippen molar-refractivity contribution in [1.82, 2.24) is 10.2 Å². The smallest absolute Gasteiger partial charge is 0.234 e. The third-order valence-electron chi connectivity index (χ3n) is 6.04. The Morgan fingerprint density at radius 3 is 2.34 bits per heavy atom. The van der Waals surface area contributed by atoms with Gasteiger partial charge in [0.15, 0.2) is 0 Å². The largest absolute Gasteiger partial charge is 0.354 e. The molecule has 160 valence electrons. The van der Waals surface area contributed by atoms with Crippen LogP contribution in [0.2, 0.25) is 0 Å². The van der Waals surface area contributed by atoms with Gasteiger partial charge in [-0.3, -0.25) is 14.5 Å². The minimum absolute atomic E-state index is 0.0318. The Balaban J connectivity index is 1.41. The van der Waals surface area contributed by atoms with Gasteiger partial charge in [-0.2, -0.15) is 0 Å². The van der Waals surface area contributed by atoms with Crippen LogP contribution >= 0.6 is 11.8 Å². The van der Waals surface area contributed by atoms with Gasteiger partial charge < -0.3 is 10.6 Å². The van der Waals surface area contributed by atoms with Crippen molar-refractivity contribution < 1.29 is 14.0 Å². The fourth-order valence-electron chi connectivity index (χ4n) is 4.48. The molecule has 29 heavy (non-hydrogen) atoms. The number of nitrogens with one attached hydrogen (secondary N) is 2. The Hall–Kier alpha value is -1.60. The van der Waals surface area contributed by atoms with Crippen LogP contribution in [-0.4, -0.2) is 53.4 Å². The highest BCUT2D eigenvalue weighted by Gasteiger charge is 2.38. The summed E-state index contributed by atoms with van der Waals surface area (Å²) in [5.41, 5.74) is 0.282. The van der Waals surface area contributed by atoms with Crippen molar-refractivity contribution in [2.45, 2.75) is 56.9 Å². The fraction of sp³-hybridized carbons (Fsp3) is 0.636. The number of likely N-dealkylation sites (tertiary alicyclic amines) is 1. The van der Waals surface area contributed by atoms with Crippen LogP contribution in [0.3, 0.4) is 0 Å².